The van der Waals surface area contributed by atoms with Gasteiger partial charge in [0.25, 0.3) is 5.91 Å². The van der Waals surface area contributed by atoms with Gasteiger partial charge in [-0.3, -0.25) is 19.3 Å². The van der Waals surface area contributed by atoms with Crippen LogP contribution in [0.15, 0.2) is 0 Å². The fraction of sp³-hybridized carbons (Fsp3) is 0.875. The molecule has 2 fully saturated rings. The van der Waals surface area contributed by atoms with Crippen LogP contribution in [0.1, 0.15) is 59.8 Å². The molecule has 0 N–H and O–H groups in total. The van der Waals surface area contributed by atoms with Crippen LogP contribution in [0.3, 0.4) is 0 Å². The third kappa shape index (κ3) is 10.1. The number of rotatable bonds is 6. The predicted molar refractivity (Wildman–Crippen MR) is 130 cm³/mol. The van der Waals surface area contributed by atoms with Gasteiger partial charge in [0.1, 0.15) is 5.60 Å². The van der Waals surface area contributed by atoms with Crippen LogP contribution in [-0.2, 0) is 24.0 Å². The Balaban J connectivity index is 0.000000350. The van der Waals surface area contributed by atoms with Crippen molar-refractivity contribution in [3.63, 3.8) is 0 Å². The smallest absolute Gasteiger partial charge is 0.410 e. The van der Waals surface area contributed by atoms with E-state index < -0.39 is 5.60 Å². The van der Waals surface area contributed by atoms with E-state index in [1.54, 1.807) is 19.0 Å². The summed E-state index contributed by atoms with van der Waals surface area (Å²) in [4.78, 5) is 49.6. The maximum Gasteiger partial charge on any atom is 0.410 e. The molecule has 2 unspecified atom stereocenters. The Morgan fingerprint density at radius 1 is 0.882 bits per heavy atom. The van der Waals surface area contributed by atoms with Crippen molar-refractivity contribution in [1.82, 2.24) is 19.9 Å². The zero-order chi connectivity index (χ0) is 25.9. The van der Waals surface area contributed by atoms with Crippen molar-refractivity contribution < 1.29 is 28.8 Å². The summed E-state index contributed by atoms with van der Waals surface area (Å²) in [7, 11) is 6.24. The number of carbonyl (C=O) groups is 3. The van der Waals surface area contributed by atoms with Gasteiger partial charge >= 0.3 is 6.09 Å². The Morgan fingerprint density at radius 3 is 1.85 bits per heavy atom. The number of hydrogen-bond acceptors (Lipinski definition) is 7. The van der Waals surface area contributed by atoms with Gasteiger partial charge in [0.2, 0.25) is 5.91 Å². The minimum atomic E-state index is -0.517. The average molecular weight is 487 g/mol. The Labute approximate surface area is 205 Å². The van der Waals surface area contributed by atoms with Gasteiger partial charge in [0.05, 0.1) is 26.1 Å². The van der Waals surface area contributed by atoms with Gasteiger partial charge in [0.15, 0.2) is 0 Å². The molecule has 0 saturated carbocycles. The molecule has 2 rings (SSSR count). The largest absolute Gasteiger partial charge is 0.444 e. The summed E-state index contributed by atoms with van der Waals surface area (Å²) in [5.41, 5.74) is -0.517. The lowest BCUT2D eigenvalue weighted by Crippen LogP contribution is -2.47. The molecule has 2 saturated heterocycles. The number of hydroxylamine groups is 4. The number of likely N-dealkylation sites (tertiary alicyclic amines) is 2. The molecule has 34 heavy (non-hydrogen) atoms. The molecule has 0 aliphatic carbocycles. The third-order valence-electron chi connectivity index (χ3n) is 5.99. The molecule has 2 heterocycles. The minimum Gasteiger partial charge on any atom is -0.444 e. The van der Waals surface area contributed by atoms with Crippen molar-refractivity contribution in [2.75, 3.05) is 61.0 Å². The first-order valence-electron chi connectivity index (χ1n) is 12.3. The van der Waals surface area contributed by atoms with E-state index in [2.05, 4.69) is 11.8 Å². The first-order valence-corrected chi connectivity index (χ1v) is 12.3. The summed E-state index contributed by atoms with van der Waals surface area (Å²) in [6, 6.07) is 0. The second-order valence-electron chi connectivity index (χ2n) is 9.94. The van der Waals surface area contributed by atoms with Gasteiger partial charge in [-0.05, 0) is 66.0 Å². The molecular formula is C24H46N4O6. The van der Waals surface area contributed by atoms with E-state index in [4.69, 9.17) is 14.4 Å². The lowest BCUT2D eigenvalue weighted by Gasteiger charge is -2.34. The van der Waals surface area contributed by atoms with E-state index in [9.17, 15) is 14.4 Å². The van der Waals surface area contributed by atoms with Crippen LogP contribution in [-0.4, -0.2) is 104 Å². The maximum absolute atomic E-state index is 12.0. The van der Waals surface area contributed by atoms with Gasteiger partial charge in [-0.2, -0.15) is 0 Å². The lowest BCUT2D eigenvalue weighted by atomic mass is 9.97. The van der Waals surface area contributed by atoms with Crippen molar-refractivity contribution >= 4 is 17.9 Å². The fourth-order valence-corrected chi connectivity index (χ4v) is 4.14. The molecule has 0 aromatic carbocycles. The number of amides is 3. The zero-order valence-electron chi connectivity index (χ0n) is 22.5. The number of carbonyl (C=O) groups excluding carboxylic acids is 3. The molecule has 3 amide bonds. The monoisotopic (exact) mass is 486 g/mol. The highest BCUT2D eigenvalue weighted by molar-refractivity contribution is 5.79. The Kier molecular flexibility index (Phi) is 12.8. The third-order valence-corrected chi connectivity index (χ3v) is 5.99. The van der Waals surface area contributed by atoms with E-state index in [1.807, 2.05) is 20.8 Å². The van der Waals surface area contributed by atoms with Gasteiger partial charge < -0.3 is 14.5 Å². The van der Waals surface area contributed by atoms with Crippen LogP contribution in [0.4, 0.5) is 4.79 Å². The first kappa shape index (κ1) is 30.1. The predicted octanol–water partition coefficient (Wildman–Crippen LogP) is 2.78. The number of hydrogen-bond donors (Lipinski definition) is 0. The Morgan fingerprint density at radius 2 is 1.38 bits per heavy atom. The van der Waals surface area contributed by atoms with E-state index in [1.165, 1.54) is 24.3 Å². The molecule has 198 valence electrons. The standard InChI is InChI=1S/C13H24N2O4.C11H22N2O2/c1-13(2,3)19-12(17)15-8-6-7-10(9-15)11(16)14(4)18-5;1-4-7-13-8-5-6-10(9-13)11(14)12(2)15-3/h10H,6-9H2,1-5H3;10H,4-9H2,1-3H3. The molecule has 2 atom stereocenters. The summed E-state index contributed by atoms with van der Waals surface area (Å²) in [6.07, 6.45) is 4.48. The minimum absolute atomic E-state index is 0.101. The summed E-state index contributed by atoms with van der Waals surface area (Å²) in [5, 5.41) is 2.56. The van der Waals surface area contributed by atoms with E-state index in [-0.39, 0.29) is 29.7 Å². The molecule has 0 bridgehead atoms. The summed E-state index contributed by atoms with van der Waals surface area (Å²) in [6.45, 7) is 11.8. The van der Waals surface area contributed by atoms with Crippen molar-refractivity contribution in [2.45, 2.75) is 65.4 Å². The molecule has 2 aliphatic heterocycles. The highest BCUT2D eigenvalue weighted by Gasteiger charge is 2.32. The van der Waals surface area contributed by atoms with Crippen molar-refractivity contribution in [1.29, 1.82) is 0 Å². The van der Waals surface area contributed by atoms with Crippen LogP contribution in [0.2, 0.25) is 0 Å². The quantitative estimate of drug-likeness (QED) is 0.533. The molecule has 10 nitrogen and oxygen atoms in total. The van der Waals surface area contributed by atoms with E-state index in [0.29, 0.717) is 13.1 Å². The average Bonchev–Trinajstić information content (AvgIpc) is 2.81. The van der Waals surface area contributed by atoms with Crippen LogP contribution in [0.25, 0.3) is 0 Å². The normalized spacial score (nSPS) is 21.2. The summed E-state index contributed by atoms with van der Waals surface area (Å²) >= 11 is 0. The molecule has 10 heteroatoms. The van der Waals surface area contributed by atoms with Gasteiger partial charge in [-0.25, -0.2) is 14.9 Å². The number of ether oxygens (including phenoxy) is 1. The summed E-state index contributed by atoms with van der Waals surface area (Å²) < 4.78 is 5.32. The highest BCUT2D eigenvalue weighted by atomic mass is 16.7. The fourth-order valence-electron chi connectivity index (χ4n) is 4.14. The van der Waals surface area contributed by atoms with Gasteiger partial charge in [-0.15, -0.1) is 0 Å². The van der Waals surface area contributed by atoms with E-state index >= 15 is 0 Å². The van der Waals surface area contributed by atoms with Crippen LogP contribution >= 0.6 is 0 Å². The van der Waals surface area contributed by atoms with Crippen LogP contribution in [0, 0.1) is 11.8 Å². The van der Waals surface area contributed by atoms with Gasteiger partial charge in [0, 0.05) is 33.7 Å². The van der Waals surface area contributed by atoms with E-state index in [0.717, 1.165) is 51.7 Å². The topological polar surface area (TPSA) is 91.9 Å². The van der Waals surface area contributed by atoms with Crippen molar-refractivity contribution in [3.05, 3.63) is 0 Å². The number of piperidine rings is 2. The molecule has 2 aliphatic rings. The molecule has 0 spiro atoms. The van der Waals surface area contributed by atoms with Crippen LogP contribution in [0.5, 0.6) is 0 Å². The Bertz CT molecular complexity index is 652. The Hall–Kier alpha value is -1.91. The van der Waals surface area contributed by atoms with Gasteiger partial charge in [-0.1, -0.05) is 6.92 Å². The second kappa shape index (κ2) is 14.5. The molecule has 0 aromatic rings. The summed E-state index contributed by atoms with van der Waals surface area (Å²) in [5.74, 6) is -0.0875. The van der Waals surface area contributed by atoms with Crippen molar-refractivity contribution in [3.8, 4) is 0 Å². The number of nitrogens with zero attached hydrogens (tertiary/aromatic N) is 4. The lowest BCUT2D eigenvalue weighted by molar-refractivity contribution is -0.175. The second-order valence-corrected chi connectivity index (χ2v) is 9.94. The van der Waals surface area contributed by atoms with Crippen molar-refractivity contribution in [2.24, 2.45) is 11.8 Å². The maximum atomic E-state index is 12.0. The zero-order valence-corrected chi connectivity index (χ0v) is 22.5. The first-order chi connectivity index (χ1) is 15.9. The highest BCUT2D eigenvalue weighted by Crippen LogP contribution is 2.21. The SMILES string of the molecule is CCCN1CCCC(C(=O)N(C)OC)C1.CON(C)C(=O)C1CCCN(C(=O)OC(C)(C)C)C1. The molecule has 0 radical (unpaired) electrons. The molecule has 0 aromatic heterocycles. The van der Waals surface area contributed by atoms with Crippen LogP contribution < -0.4 is 0 Å². The molecular weight excluding hydrogens is 440 g/mol.